The summed E-state index contributed by atoms with van der Waals surface area (Å²) in [6.45, 7) is 4.71. The molecule has 0 amide bonds. The lowest BCUT2D eigenvalue weighted by atomic mass is 9.83. The fourth-order valence-electron chi connectivity index (χ4n) is 2.56. The van der Waals surface area contributed by atoms with Crippen molar-refractivity contribution in [2.75, 3.05) is 13.1 Å². The number of hydrogen-bond acceptors (Lipinski definition) is 1. The van der Waals surface area contributed by atoms with Crippen molar-refractivity contribution in [3.8, 4) is 0 Å². The normalized spacial score (nSPS) is 23.6. The lowest BCUT2D eigenvalue weighted by Crippen LogP contribution is -2.15. The fourth-order valence-corrected chi connectivity index (χ4v) is 2.56. The minimum Gasteiger partial charge on any atom is -0.316 e. The van der Waals surface area contributed by atoms with Gasteiger partial charge in [-0.25, -0.2) is 0 Å². The molecule has 0 bridgehead atoms. The summed E-state index contributed by atoms with van der Waals surface area (Å²) in [7, 11) is 0. The van der Waals surface area contributed by atoms with Crippen LogP contribution in [0.5, 0.6) is 0 Å². The molecule has 0 spiro atoms. The highest BCUT2D eigenvalue weighted by atomic mass is 14.9. The van der Waals surface area contributed by atoms with Gasteiger partial charge in [-0.15, -0.1) is 0 Å². The topological polar surface area (TPSA) is 12.0 Å². The van der Waals surface area contributed by atoms with Gasteiger partial charge in [-0.3, -0.25) is 0 Å². The van der Waals surface area contributed by atoms with Crippen LogP contribution in [-0.2, 0) is 0 Å². The summed E-state index contributed by atoms with van der Waals surface area (Å²) in [5.41, 5.74) is 1.52. The Kier molecular flexibility index (Phi) is 3.20. The number of rotatable bonds is 3. The van der Waals surface area contributed by atoms with Gasteiger partial charge in [0.25, 0.3) is 0 Å². The molecule has 1 heteroatoms. The third kappa shape index (κ3) is 1.98. The van der Waals surface area contributed by atoms with Gasteiger partial charge in [-0.2, -0.15) is 0 Å². The molecule has 1 aliphatic heterocycles. The van der Waals surface area contributed by atoms with Gasteiger partial charge in [0.1, 0.15) is 0 Å². The molecule has 0 aliphatic carbocycles. The highest BCUT2D eigenvalue weighted by Crippen LogP contribution is 2.31. The Bertz CT molecular complexity index is 262. The molecule has 0 saturated carbocycles. The Morgan fingerprint density at radius 2 is 2.14 bits per heavy atom. The van der Waals surface area contributed by atoms with E-state index in [1.807, 2.05) is 0 Å². The molecule has 1 aliphatic rings. The summed E-state index contributed by atoms with van der Waals surface area (Å²) in [5, 5.41) is 3.46. The molecule has 2 atom stereocenters. The van der Waals surface area contributed by atoms with Crippen molar-refractivity contribution in [1.82, 2.24) is 5.32 Å². The van der Waals surface area contributed by atoms with E-state index in [1.54, 1.807) is 0 Å². The van der Waals surface area contributed by atoms with Crippen LogP contribution < -0.4 is 5.32 Å². The Balaban J connectivity index is 2.12. The monoisotopic (exact) mass is 189 g/mol. The molecule has 0 aromatic heterocycles. The van der Waals surface area contributed by atoms with Crippen molar-refractivity contribution in [2.24, 2.45) is 5.92 Å². The first-order valence-corrected chi connectivity index (χ1v) is 5.67. The largest absolute Gasteiger partial charge is 0.316 e. The molecule has 0 radical (unpaired) electrons. The average Bonchev–Trinajstić information content (AvgIpc) is 2.74. The molecule has 1 fully saturated rings. The predicted octanol–water partition coefficient (Wildman–Crippen LogP) is 2.79. The van der Waals surface area contributed by atoms with Gasteiger partial charge >= 0.3 is 0 Å². The van der Waals surface area contributed by atoms with Gasteiger partial charge in [0.05, 0.1) is 0 Å². The van der Waals surface area contributed by atoms with E-state index < -0.39 is 0 Å². The molecule has 2 rings (SSSR count). The van der Waals surface area contributed by atoms with Crippen LogP contribution >= 0.6 is 0 Å². The van der Waals surface area contributed by atoms with E-state index in [-0.39, 0.29) is 0 Å². The SMILES string of the molecule is CCC(c1ccccc1)C1CCNC1. The van der Waals surface area contributed by atoms with Crippen LogP contribution in [0.4, 0.5) is 0 Å². The van der Waals surface area contributed by atoms with Crippen molar-refractivity contribution in [2.45, 2.75) is 25.7 Å². The van der Waals surface area contributed by atoms with Gasteiger partial charge in [-0.05, 0) is 43.3 Å². The standard InChI is InChI=1S/C13H19N/c1-2-13(12-8-9-14-10-12)11-6-4-3-5-7-11/h3-7,12-14H,2,8-10H2,1H3. The summed E-state index contributed by atoms with van der Waals surface area (Å²) in [5.74, 6) is 1.61. The first-order valence-electron chi connectivity index (χ1n) is 5.67. The number of hydrogen-bond donors (Lipinski definition) is 1. The molecule has 76 valence electrons. The van der Waals surface area contributed by atoms with Crippen LogP contribution in [0.1, 0.15) is 31.2 Å². The minimum absolute atomic E-state index is 0.756. The second-order valence-electron chi connectivity index (χ2n) is 4.18. The lowest BCUT2D eigenvalue weighted by Gasteiger charge is -2.21. The van der Waals surface area contributed by atoms with Crippen LogP contribution in [0, 0.1) is 5.92 Å². The van der Waals surface area contributed by atoms with Crippen molar-refractivity contribution >= 4 is 0 Å². The highest BCUT2D eigenvalue weighted by Gasteiger charge is 2.24. The summed E-state index contributed by atoms with van der Waals surface area (Å²) >= 11 is 0. The van der Waals surface area contributed by atoms with E-state index >= 15 is 0 Å². The first-order chi connectivity index (χ1) is 6.92. The van der Waals surface area contributed by atoms with Crippen LogP contribution in [0.15, 0.2) is 30.3 Å². The van der Waals surface area contributed by atoms with Gasteiger partial charge < -0.3 is 5.32 Å². The minimum atomic E-state index is 0.756. The van der Waals surface area contributed by atoms with Gasteiger partial charge in [0.15, 0.2) is 0 Å². The van der Waals surface area contributed by atoms with Crippen LogP contribution in [0.3, 0.4) is 0 Å². The highest BCUT2D eigenvalue weighted by molar-refractivity contribution is 5.20. The van der Waals surface area contributed by atoms with E-state index in [0.717, 1.165) is 11.8 Å². The second kappa shape index (κ2) is 4.61. The maximum atomic E-state index is 3.46. The zero-order valence-electron chi connectivity index (χ0n) is 8.87. The molecule has 14 heavy (non-hydrogen) atoms. The lowest BCUT2D eigenvalue weighted by molar-refractivity contribution is 0.446. The maximum absolute atomic E-state index is 3.46. The molecular weight excluding hydrogens is 170 g/mol. The molecule has 1 saturated heterocycles. The maximum Gasteiger partial charge on any atom is -0.00142 e. The van der Waals surface area contributed by atoms with Gasteiger partial charge in [0, 0.05) is 0 Å². The third-order valence-electron chi connectivity index (χ3n) is 3.34. The van der Waals surface area contributed by atoms with Crippen molar-refractivity contribution in [1.29, 1.82) is 0 Å². The summed E-state index contributed by atoms with van der Waals surface area (Å²) in [6.07, 6.45) is 2.60. The zero-order chi connectivity index (χ0) is 9.80. The van der Waals surface area contributed by atoms with E-state index in [2.05, 4.69) is 42.6 Å². The molecular formula is C13H19N. The fraction of sp³-hybridized carbons (Fsp3) is 0.538. The molecule has 2 unspecified atom stereocenters. The quantitative estimate of drug-likeness (QED) is 0.771. The zero-order valence-corrected chi connectivity index (χ0v) is 8.87. The second-order valence-corrected chi connectivity index (χ2v) is 4.18. The van der Waals surface area contributed by atoms with Gasteiger partial charge in [-0.1, -0.05) is 37.3 Å². The third-order valence-corrected chi connectivity index (χ3v) is 3.34. The van der Waals surface area contributed by atoms with Crippen LogP contribution in [-0.4, -0.2) is 13.1 Å². The Morgan fingerprint density at radius 1 is 1.36 bits per heavy atom. The van der Waals surface area contributed by atoms with Crippen LogP contribution in [0.2, 0.25) is 0 Å². The summed E-state index contributed by atoms with van der Waals surface area (Å²) in [4.78, 5) is 0. The van der Waals surface area contributed by atoms with E-state index in [1.165, 1.54) is 31.5 Å². The van der Waals surface area contributed by atoms with E-state index in [4.69, 9.17) is 0 Å². The Hall–Kier alpha value is -0.820. The predicted molar refractivity (Wildman–Crippen MR) is 60.5 cm³/mol. The first kappa shape index (κ1) is 9.72. The van der Waals surface area contributed by atoms with Crippen molar-refractivity contribution in [3.63, 3.8) is 0 Å². The Morgan fingerprint density at radius 3 is 2.71 bits per heavy atom. The average molecular weight is 189 g/mol. The van der Waals surface area contributed by atoms with Crippen molar-refractivity contribution < 1.29 is 0 Å². The summed E-state index contributed by atoms with van der Waals surface area (Å²) < 4.78 is 0. The van der Waals surface area contributed by atoms with E-state index in [9.17, 15) is 0 Å². The molecule has 1 aromatic rings. The molecule has 1 aromatic carbocycles. The number of benzene rings is 1. The smallest absolute Gasteiger partial charge is 0.00142 e. The number of nitrogens with one attached hydrogen (secondary N) is 1. The van der Waals surface area contributed by atoms with Gasteiger partial charge in [0.2, 0.25) is 0 Å². The van der Waals surface area contributed by atoms with E-state index in [0.29, 0.717) is 0 Å². The van der Waals surface area contributed by atoms with Crippen molar-refractivity contribution in [3.05, 3.63) is 35.9 Å². The Labute approximate surface area is 86.5 Å². The van der Waals surface area contributed by atoms with Crippen LogP contribution in [0.25, 0.3) is 0 Å². The summed E-state index contributed by atoms with van der Waals surface area (Å²) in [6, 6.07) is 10.9. The molecule has 1 nitrogen and oxygen atoms in total. The molecule has 1 N–H and O–H groups in total. The molecule has 1 heterocycles.